The molecule has 2 heteroatoms. The highest BCUT2D eigenvalue weighted by Gasteiger charge is 2.09. The van der Waals surface area contributed by atoms with Gasteiger partial charge in [0.25, 0.3) is 0 Å². The van der Waals surface area contributed by atoms with Crippen LogP contribution in [0.1, 0.15) is 19.3 Å². The van der Waals surface area contributed by atoms with Crippen molar-refractivity contribution in [3.8, 4) is 0 Å². The molecule has 1 aliphatic rings. The SMILES string of the molecule is CN(C)N=C1CCC1. The van der Waals surface area contributed by atoms with Gasteiger partial charge in [-0.15, -0.1) is 0 Å². The van der Waals surface area contributed by atoms with Crippen LogP contribution in [0.4, 0.5) is 0 Å². The van der Waals surface area contributed by atoms with Gasteiger partial charge < -0.3 is 5.01 Å². The van der Waals surface area contributed by atoms with E-state index in [0.717, 1.165) is 0 Å². The van der Waals surface area contributed by atoms with Crippen molar-refractivity contribution < 1.29 is 0 Å². The lowest BCUT2D eigenvalue weighted by Crippen LogP contribution is -2.15. The molecular formula is C6H12N2. The van der Waals surface area contributed by atoms with Crippen LogP contribution in [0.15, 0.2) is 5.10 Å². The topological polar surface area (TPSA) is 15.6 Å². The van der Waals surface area contributed by atoms with Gasteiger partial charge in [-0.25, -0.2) is 0 Å². The number of hydrogen-bond acceptors (Lipinski definition) is 2. The predicted molar refractivity (Wildman–Crippen MR) is 35.0 cm³/mol. The Balaban J connectivity index is 2.30. The predicted octanol–water partition coefficient (Wildman–Crippen LogP) is 1.09. The fourth-order valence-corrected chi connectivity index (χ4v) is 0.718. The fourth-order valence-electron chi connectivity index (χ4n) is 0.718. The van der Waals surface area contributed by atoms with Crippen molar-refractivity contribution in [1.29, 1.82) is 0 Å². The summed E-state index contributed by atoms with van der Waals surface area (Å²) in [6.07, 6.45) is 3.78. The largest absolute Gasteiger partial charge is 0.303 e. The quantitative estimate of drug-likeness (QED) is 0.463. The highest BCUT2D eigenvalue weighted by Crippen LogP contribution is 2.14. The number of hydrazone groups is 1. The lowest BCUT2D eigenvalue weighted by atomic mass is 9.98. The van der Waals surface area contributed by atoms with Crippen LogP contribution in [-0.4, -0.2) is 24.8 Å². The van der Waals surface area contributed by atoms with E-state index >= 15 is 0 Å². The van der Waals surface area contributed by atoms with Crippen molar-refractivity contribution in [2.24, 2.45) is 5.10 Å². The minimum atomic E-state index is 1.22. The smallest absolute Gasteiger partial charge is 0.0380 e. The number of hydrogen-bond donors (Lipinski definition) is 0. The van der Waals surface area contributed by atoms with Crippen LogP contribution < -0.4 is 0 Å². The molecule has 0 aliphatic heterocycles. The molecule has 8 heavy (non-hydrogen) atoms. The van der Waals surface area contributed by atoms with Crippen LogP contribution in [0.25, 0.3) is 0 Å². The minimum absolute atomic E-state index is 1.22. The summed E-state index contributed by atoms with van der Waals surface area (Å²) in [4.78, 5) is 0. The zero-order valence-electron chi connectivity index (χ0n) is 5.52. The van der Waals surface area contributed by atoms with Crippen molar-refractivity contribution in [1.82, 2.24) is 5.01 Å². The third-order valence-corrected chi connectivity index (χ3v) is 1.27. The van der Waals surface area contributed by atoms with E-state index in [9.17, 15) is 0 Å². The van der Waals surface area contributed by atoms with E-state index in [1.165, 1.54) is 25.0 Å². The molecule has 0 heterocycles. The maximum absolute atomic E-state index is 4.23. The molecule has 0 bridgehead atoms. The molecule has 0 radical (unpaired) electrons. The van der Waals surface area contributed by atoms with Gasteiger partial charge in [-0.3, -0.25) is 0 Å². The first kappa shape index (κ1) is 5.60. The Kier molecular flexibility index (Phi) is 1.51. The van der Waals surface area contributed by atoms with Crippen LogP contribution in [0.2, 0.25) is 0 Å². The van der Waals surface area contributed by atoms with E-state index in [0.29, 0.717) is 0 Å². The Morgan fingerprint density at radius 2 is 2.00 bits per heavy atom. The van der Waals surface area contributed by atoms with E-state index in [1.807, 2.05) is 19.1 Å². The maximum atomic E-state index is 4.23. The van der Waals surface area contributed by atoms with Gasteiger partial charge in [0.05, 0.1) is 0 Å². The first-order valence-corrected chi connectivity index (χ1v) is 3.03. The molecule has 0 aromatic rings. The summed E-state index contributed by atoms with van der Waals surface area (Å²) in [7, 11) is 3.93. The second-order valence-electron chi connectivity index (χ2n) is 2.37. The number of nitrogens with zero attached hydrogens (tertiary/aromatic N) is 2. The molecule has 0 spiro atoms. The van der Waals surface area contributed by atoms with E-state index < -0.39 is 0 Å². The highest BCUT2D eigenvalue weighted by atomic mass is 15.4. The first-order chi connectivity index (χ1) is 3.79. The molecule has 1 fully saturated rings. The summed E-state index contributed by atoms with van der Waals surface area (Å²) in [5.41, 5.74) is 1.36. The molecule has 1 saturated carbocycles. The highest BCUT2D eigenvalue weighted by molar-refractivity contribution is 5.88. The van der Waals surface area contributed by atoms with Gasteiger partial charge in [0.15, 0.2) is 0 Å². The Bertz CT molecular complexity index is 99.1. The molecular weight excluding hydrogens is 100 g/mol. The van der Waals surface area contributed by atoms with E-state index in [2.05, 4.69) is 5.10 Å². The van der Waals surface area contributed by atoms with Crippen LogP contribution in [-0.2, 0) is 0 Å². The Morgan fingerprint density at radius 1 is 1.38 bits per heavy atom. The zero-order chi connectivity index (χ0) is 5.98. The molecule has 1 rings (SSSR count). The summed E-state index contributed by atoms with van der Waals surface area (Å²) in [6, 6.07) is 0. The summed E-state index contributed by atoms with van der Waals surface area (Å²) < 4.78 is 0. The molecule has 0 unspecified atom stereocenters. The Hall–Kier alpha value is -0.530. The van der Waals surface area contributed by atoms with Gasteiger partial charge >= 0.3 is 0 Å². The summed E-state index contributed by atoms with van der Waals surface area (Å²) in [6.45, 7) is 0. The average Bonchev–Trinajstić information content (AvgIpc) is 1.55. The molecule has 0 N–H and O–H groups in total. The van der Waals surface area contributed by atoms with Gasteiger partial charge in [-0.05, 0) is 19.3 Å². The van der Waals surface area contributed by atoms with Gasteiger partial charge in [-0.2, -0.15) is 5.10 Å². The van der Waals surface area contributed by atoms with Crippen LogP contribution >= 0.6 is 0 Å². The van der Waals surface area contributed by atoms with Crippen molar-refractivity contribution in [3.63, 3.8) is 0 Å². The molecule has 46 valence electrons. The van der Waals surface area contributed by atoms with E-state index in [1.54, 1.807) is 0 Å². The average molecular weight is 112 g/mol. The van der Waals surface area contributed by atoms with Crippen molar-refractivity contribution in [2.45, 2.75) is 19.3 Å². The molecule has 0 saturated heterocycles. The van der Waals surface area contributed by atoms with Gasteiger partial charge in [0.1, 0.15) is 0 Å². The Labute approximate surface area is 50.2 Å². The standard InChI is InChI=1S/C6H12N2/c1-8(2)7-6-4-3-5-6/h3-5H2,1-2H3. The van der Waals surface area contributed by atoms with E-state index in [-0.39, 0.29) is 0 Å². The normalized spacial score (nSPS) is 17.5. The van der Waals surface area contributed by atoms with Crippen LogP contribution in [0, 0.1) is 0 Å². The van der Waals surface area contributed by atoms with Crippen molar-refractivity contribution in [2.75, 3.05) is 14.1 Å². The molecule has 0 atom stereocenters. The fraction of sp³-hybridized carbons (Fsp3) is 0.833. The van der Waals surface area contributed by atoms with Gasteiger partial charge in [0.2, 0.25) is 0 Å². The minimum Gasteiger partial charge on any atom is -0.303 e. The summed E-state index contributed by atoms with van der Waals surface area (Å²) in [5, 5.41) is 6.10. The third-order valence-electron chi connectivity index (χ3n) is 1.27. The molecule has 0 amide bonds. The Morgan fingerprint density at radius 3 is 2.12 bits per heavy atom. The van der Waals surface area contributed by atoms with Gasteiger partial charge in [-0.1, -0.05) is 0 Å². The second kappa shape index (κ2) is 2.16. The molecule has 0 aromatic carbocycles. The lowest BCUT2D eigenvalue weighted by molar-refractivity contribution is 0.430. The van der Waals surface area contributed by atoms with E-state index in [4.69, 9.17) is 0 Å². The molecule has 1 aliphatic carbocycles. The summed E-state index contributed by atoms with van der Waals surface area (Å²) in [5.74, 6) is 0. The van der Waals surface area contributed by atoms with Crippen LogP contribution in [0.3, 0.4) is 0 Å². The van der Waals surface area contributed by atoms with Crippen molar-refractivity contribution in [3.05, 3.63) is 0 Å². The molecule has 2 nitrogen and oxygen atoms in total. The summed E-state index contributed by atoms with van der Waals surface area (Å²) >= 11 is 0. The third kappa shape index (κ3) is 1.22. The van der Waals surface area contributed by atoms with Crippen molar-refractivity contribution >= 4 is 5.71 Å². The monoisotopic (exact) mass is 112 g/mol. The second-order valence-corrected chi connectivity index (χ2v) is 2.37. The molecule has 0 aromatic heterocycles. The zero-order valence-corrected chi connectivity index (χ0v) is 5.52. The lowest BCUT2D eigenvalue weighted by Gasteiger charge is -2.16. The van der Waals surface area contributed by atoms with Crippen LogP contribution in [0.5, 0.6) is 0 Å². The van der Waals surface area contributed by atoms with Gasteiger partial charge in [0, 0.05) is 19.8 Å². The first-order valence-electron chi connectivity index (χ1n) is 3.03. The number of rotatable bonds is 1. The maximum Gasteiger partial charge on any atom is 0.0380 e.